The Kier molecular flexibility index (Phi) is 6.16. The number of nitrogens with one attached hydrogen (secondary N) is 1. The number of hydrogen-bond acceptors (Lipinski definition) is 3. The number of benzene rings is 2. The largest absolute Gasteiger partial charge is 0.481 e. The molecule has 1 amide bonds. The third-order valence-electron chi connectivity index (χ3n) is 4.83. The number of ether oxygens (including phenoxy) is 1. The van der Waals surface area contributed by atoms with Crippen molar-refractivity contribution in [2.45, 2.75) is 45.8 Å². The highest BCUT2D eigenvalue weighted by molar-refractivity contribution is 5.80. The van der Waals surface area contributed by atoms with E-state index in [4.69, 9.17) is 4.74 Å². The van der Waals surface area contributed by atoms with Crippen molar-refractivity contribution in [3.05, 3.63) is 59.7 Å². The van der Waals surface area contributed by atoms with Crippen molar-refractivity contribution >= 4 is 11.6 Å². The summed E-state index contributed by atoms with van der Waals surface area (Å²) in [6, 6.07) is 16.2. The summed E-state index contributed by atoms with van der Waals surface area (Å²) in [6.45, 7) is 6.60. The molecule has 0 aliphatic carbocycles. The zero-order valence-corrected chi connectivity index (χ0v) is 15.7. The second-order valence-corrected chi connectivity index (χ2v) is 7.01. The lowest BCUT2D eigenvalue weighted by molar-refractivity contribution is -0.127. The summed E-state index contributed by atoms with van der Waals surface area (Å²) in [6.07, 6.45) is 3.36. The van der Waals surface area contributed by atoms with Gasteiger partial charge in [-0.2, -0.15) is 0 Å². The molecule has 1 aliphatic rings. The molecule has 1 aliphatic heterocycles. The number of carbonyl (C=O) groups excluding carboxylic acids is 1. The summed E-state index contributed by atoms with van der Waals surface area (Å²) in [5.74, 6) is 0.606. The fourth-order valence-electron chi connectivity index (χ4n) is 3.18. The van der Waals surface area contributed by atoms with Gasteiger partial charge in [0.25, 0.3) is 5.91 Å². The van der Waals surface area contributed by atoms with E-state index in [1.54, 1.807) is 6.92 Å². The van der Waals surface area contributed by atoms with Gasteiger partial charge in [-0.05, 0) is 62.9 Å². The zero-order chi connectivity index (χ0) is 18.4. The second kappa shape index (κ2) is 8.75. The summed E-state index contributed by atoms with van der Waals surface area (Å²) >= 11 is 0. The van der Waals surface area contributed by atoms with Gasteiger partial charge in [-0.3, -0.25) is 4.79 Å². The number of piperidine rings is 1. The first kappa shape index (κ1) is 18.3. The quantitative estimate of drug-likeness (QED) is 0.852. The zero-order valence-electron chi connectivity index (χ0n) is 15.7. The van der Waals surface area contributed by atoms with Gasteiger partial charge >= 0.3 is 0 Å². The van der Waals surface area contributed by atoms with E-state index in [0.29, 0.717) is 12.3 Å². The van der Waals surface area contributed by atoms with Crippen molar-refractivity contribution in [1.82, 2.24) is 5.32 Å². The molecule has 1 fully saturated rings. The Hall–Kier alpha value is -2.49. The van der Waals surface area contributed by atoms with Crippen LogP contribution in [-0.4, -0.2) is 25.1 Å². The monoisotopic (exact) mass is 352 g/mol. The summed E-state index contributed by atoms with van der Waals surface area (Å²) in [4.78, 5) is 14.7. The molecule has 0 spiro atoms. The van der Waals surface area contributed by atoms with Gasteiger partial charge in [-0.15, -0.1) is 0 Å². The molecule has 4 heteroatoms. The van der Waals surface area contributed by atoms with Crippen LogP contribution in [0.3, 0.4) is 0 Å². The SMILES string of the molecule is Cc1ccc(OC(C)C(=O)NCc2ccc(N3CCCCC3)cc2)cc1. The topological polar surface area (TPSA) is 41.6 Å². The number of anilines is 1. The molecule has 3 rings (SSSR count). The highest BCUT2D eigenvalue weighted by Crippen LogP contribution is 2.20. The van der Waals surface area contributed by atoms with Crippen molar-refractivity contribution in [3.63, 3.8) is 0 Å². The first-order valence-corrected chi connectivity index (χ1v) is 9.47. The molecular formula is C22H28N2O2. The molecule has 2 aromatic carbocycles. The molecule has 0 aromatic heterocycles. The van der Waals surface area contributed by atoms with E-state index >= 15 is 0 Å². The maximum atomic E-state index is 12.3. The Morgan fingerprint density at radius 2 is 1.69 bits per heavy atom. The van der Waals surface area contributed by atoms with Crippen LogP contribution in [0.4, 0.5) is 5.69 Å². The van der Waals surface area contributed by atoms with E-state index in [-0.39, 0.29) is 5.91 Å². The molecule has 2 aromatic rings. The average Bonchev–Trinajstić information content (AvgIpc) is 2.69. The van der Waals surface area contributed by atoms with Gasteiger partial charge in [0.2, 0.25) is 0 Å². The van der Waals surface area contributed by atoms with Crippen LogP contribution >= 0.6 is 0 Å². The predicted molar refractivity (Wildman–Crippen MR) is 106 cm³/mol. The van der Waals surface area contributed by atoms with Crippen LogP contribution in [0.2, 0.25) is 0 Å². The lowest BCUT2D eigenvalue weighted by Crippen LogP contribution is -2.35. The number of nitrogens with zero attached hydrogens (tertiary/aromatic N) is 1. The third-order valence-corrected chi connectivity index (χ3v) is 4.83. The number of rotatable bonds is 6. The molecule has 138 valence electrons. The smallest absolute Gasteiger partial charge is 0.261 e. The Labute approximate surface area is 156 Å². The van der Waals surface area contributed by atoms with Gasteiger partial charge in [0.15, 0.2) is 6.10 Å². The minimum Gasteiger partial charge on any atom is -0.481 e. The fourth-order valence-corrected chi connectivity index (χ4v) is 3.18. The van der Waals surface area contributed by atoms with Crippen LogP contribution in [0.1, 0.15) is 37.3 Å². The van der Waals surface area contributed by atoms with Crippen molar-refractivity contribution in [2.75, 3.05) is 18.0 Å². The molecule has 0 radical (unpaired) electrons. The van der Waals surface area contributed by atoms with E-state index in [1.807, 2.05) is 31.2 Å². The molecule has 1 unspecified atom stereocenters. The molecule has 1 atom stereocenters. The number of aryl methyl sites for hydroxylation is 1. The summed E-state index contributed by atoms with van der Waals surface area (Å²) in [7, 11) is 0. The van der Waals surface area contributed by atoms with Crippen LogP contribution in [0.15, 0.2) is 48.5 Å². The molecule has 0 saturated carbocycles. The lowest BCUT2D eigenvalue weighted by atomic mass is 10.1. The van der Waals surface area contributed by atoms with E-state index in [1.165, 1.54) is 30.5 Å². The highest BCUT2D eigenvalue weighted by atomic mass is 16.5. The predicted octanol–water partition coefficient (Wildman–Crippen LogP) is 4.07. The summed E-state index contributed by atoms with van der Waals surface area (Å²) < 4.78 is 5.70. The van der Waals surface area contributed by atoms with Crippen molar-refractivity contribution in [2.24, 2.45) is 0 Å². The van der Waals surface area contributed by atoms with Gasteiger partial charge in [0, 0.05) is 25.3 Å². The van der Waals surface area contributed by atoms with Crippen molar-refractivity contribution < 1.29 is 9.53 Å². The van der Waals surface area contributed by atoms with Crippen LogP contribution in [0.25, 0.3) is 0 Å². The van der Waals surface area contributed by atoms with Crippen LogP contribution in [0.5, 0.6) is 5.75 Å². The van der Waals surface area contributed by atoms with Crippen molar-refractivity contribution in [1.29, 1.82) is 0 Å². The number of amides is 1. The summed E-state index contributed by atoms with van der Waals surface area (Å²) in [5.41, 5.74) is 3.54. The van der Waals surface area contributed by atoms with Gasteiger partial charge in [0.05, 0.1) is 0 Å². The Morgan fingerprint density at radius 1 is 1.04 bits per heavy atom. The molecule has 26 heavy (non-hydrogen) atoms. The maximum absolute atomic E-state index is 12.3. The molecule has 4 nitrogen and oxygen atoms in total. The van der Waals surface area contributed by atoms with E-state index in [2.05, 4.69) is 34.5 Å². The molecule has 1 saturated heterocycles. The molecule has 0 bridgehead atoms. The highest BCUT2D eigenvalue weighted by Gasteiger charge is 2.14. The third kappa shape index (κ3) is 5.01. The average molecular weight is 352 g/mol. The Bertz CT molecular complexity index is 704. The van der Waals surface area contributed by atoms with Gasteiger partial charge in [-0.1, -0.05) is 29.8 Å². The van der Waals surface area contributed by atoms with E-state index < -0.39 is 6.10 Å². The minimum absolute atomic E-state index is 0.106. The summed E-state index contributed by atoms with van der Waals surface area (Å²) in [5, 5.41) is 2.95. The van der Waals surface area contributed by atoms with Crippen LogP contribution in [-0.2, 0) is 11.3 Å². The van der Waals surface area contributed by atoms with Crippen LogP contribution in [0, 0.1) is 6.92 Å². The molecular weight excluding hydrogens is 324 g/mol. The normalized spacial score (nSPS) is 15.4. The standard InChI is InChI=1S/C22H28N2O2/c1-17-6-12-21(13-7-17)26-18(2)22(25)23-16-19-8-10-20(11-9-19)24-14-4-3-5-15-24/h6-13,18H,3-5,14-16H2,1-2H3,(H,23,25). The van der Waals surface area contributed by atoms with E-state index in [9.17, 15) is 4.79 Å². The molecule has 1 N–H and O–H groups in total. The lowest BCUT2D eigenvalue weighted by Gasteiger charge is -2.28. The molecule has 1 heterocycles. The number of hydrogen-bond donors (Lipinski definition) is 1. The maximum Gasteiger partial charge on any atom is 0.261 e. The Morgan fingerprint density at radius 3 is 2.35 bits per heavy atom. The number of carbonyl (C=O) groups is 1. The van der Waals surface area contributed by atoms with Gasteiger partial charge < -0.3 is 15.0 Å². The first-order valence-electron chi connectivity index (χ1n) is 9.47. The second-order valence-electron chi connectivity index (χ2n) is 7.01. The van der Waals surface area contributed by atoms with Crippen molar-refractivity contribution in [3.8, 4) is 5.75 Å². The minimum atomic E-state index is -0.523. The van der Waals surface area contributed by atoms with Crippen LogP contribution < -0.4 is 15.0 Å². The van der Waals surface area contributed by atoms with Gasteiger partial charge in [-0.25, -0.2) is 0 Å². The van der Waals surface area contributed by atoms with E-state index in [0.717, 1.165) is 18.7 Å². The van der Waals surface area contributed by atoms with Gasteiger partial charge in [0.1, 0.15) is 5.75 Å². The Balaban J connectivity index is 1.48. The first-order chi connectivity index (χ1) is 12.6. The fraction of sp³-hybridized carbons (Fsp3) is 0.409.